The van der Waals surface area contributed by atoms with Crippen LogP contribution in [0.1, 0.15) is 55.5 Å². The third kappa shape index (κ3) is 5.04. The Balaban J connectivity index is 1.19. The maximum atomic E-state index is 6.84. The van der Waals surface area contributed by atoms with Crippen LogP contribution in [0.2, 0.25) is 0 Å². The molecule has 0 fully saturated rings. The molecule has 0 radical (unpaired) electrons. The lowest BCUT2D eigenvalue weighted by atomic mass is 9.79. The SMILES string of the molecule is C\C=C/C=c1/oc2ccc(N(c3ccc(-c4ccccc4)cc3)c3cccc4c3-c3ccccc3C4(C)C)cc2/c1=C1\c2cccc3c2C(=CC1C)c1ccccc1-3. The average molecular weight is 746 g/mol. The molecule has 278 valence electrons. The average Bonchev–Trinajstić information content (AvgIpc) is 3.86. The molecule has 2 nitrogen and oxygen atoms in total. The quantitative estimate of drug-likeness (QED) is 0.174. The van der Waals surface area contributed by atoms with Gasteiger partial charge in [0.05, 0.1) is 5.69 Å². The number of anilines is 3. The highest BCUT2D eigenvalue weighted by molar-refractivity contribution is 6.07. The molecule has 2 heteroatoms. The van der Waals surface area contributed by atoms with Gasteiger partial charge in [0.1, 0.15) is 11.0 Å². The van der Waals surface area contributed by atoms with Crippen molar-refractivity contribution in [2.75, 3.05) is 4.90 Å². The molecule has 8 aromatic rings. The number of furan rings is 1. The third-order valence-electron chi connectivity index (χ3n) is 12.7. The Morgan fingerprint density at radius 1 is 0.586 bits per heavy atom. The predicted octanol–water partition coefficient (Wildman–Crippen LogP) is 13.5. The molecule has 3 aliphatic rings. The lowest BCUT2D eigenvalue weighted by Crippen LogP contribution is -2.27. The van der Waals surface area contributed by atoms with Crippen LogP contribution in [0.5, 0.6) is 0 Å². The van der Waals surface area contributed by atoms with Crippen molar-refractivity contribution in [1.82, 2.24) is 0 Å². The first-order chi connectivity index (χ1) is 28.4. The summed E-state index contributed by atoms with van der Waals surface area (Å²) in [5, 5.41) is 2.27. The van der Waals surface area contributed by atoms with Gasteiger partial charge in [0.25, 0.3) is 0 Å². The molecule has 0 bridgehead atoms. The fourth-order valence-electron chi connectivity index (χ4n) is 10.1. The highest BCUT2D eigenvalue weighted by atomic mass is 16.3. The lowest BCUT2D eigenvalue weighted by molar-refractivity contribution is 0.575. The summed E-state index contributed by atoms with van der Waals surface area (Å²) in [6.07, 6.45) is 8.77. The van der Waals surface area contributed by atoms with Crippen LogP contribution in [-0.4, -0.2) is 0 Å². The summed E-state index contributed by atoms with van der Waals surface area (Å²) in [6, 6.07) is 57.9. The monoisotopic (exact) mass is 745 g/mol. The molecule has 58 heavy (non-hydrogen) atoms. The third-order valence-corrected chi connectivity index (χ3v) is 12.7. The maximum Gasteiger partial charge on any atom is 0.135 e. The van der Waals surface area contributed by atoms with Crippen LogP contribution in [0.25, 0.3) is 61.6 Å². The van der Waals surface area contributed by atoms with Gasteiger partial charge in [0.2, 0.25) is 0 Å². The molecular weight excluding hydrogens is 703 g/mol. The molecule has 1 atom stereocenters. The fraction of sp³-hybridized carbons (Fsp3) is 0.107. The second-order valence-corrected chi connectivity index (χ2v) is 16.4. The second kappa shape index (κ2) is 13.1. The highest BCUT2D eigenvalue weighted by Crippen LogP contribution is 2.55. The first kappa shape index (κ1) is 34.4. The van der Waals surface area contributed by atoms with E-state index in [1.807, 2.05) is 0 Å². The summed E-state index contributed by atoms with van der Waals surface area (Å²) in [6.45, 7) is 9.11. The number of rotatable bonds is 5. The van der Waals surface area contributed by atoms with Crippen LogP contribution < -0.4 is 15.5 Å². The van der Waals surface area contributed by atoms with E-state index < -0.39 is 0 Å². The minimum Gasteiger partial charge on any atom is -0.456 e. The number of fused-ring (bicyclic) bond motifs is 7. The lowest BCUT2D eigenvalue weighted by Gasteiger charge is -2.29. The van der Waals surface area contributed by atoms with Crippen molar-refractivity contribution in [2.45, 2.75) is 33.1 Å². The topological polar surface area (TPSA) is 16.4 Å². The Morgan fingerprint density at radius 3 is 2.05 bits per heavy atom. The van der Waals surface area contributed by atoms with Gasteiger partial charge < -0.3 is 9.32 Å². The largest absolute Gasteiger partial charge is 0.456 e. The normalized spacial score (nSPS) is 16.9. The molecular formula is C56H43NO. The van der Waals surface area contributed by atoms with Crippen molar-refractivity contribution in [3.05, 3.63) is 214 Å². The molecule has 0 spiro atoms. The van der Waals surface area contributed by atoms with Crippen LogP contribution in [0.15, 0.2) is 180 Å². The van der Waals surface area contributed by atoms with E-state index in [1.54, 1.807) is 0 Å². The number of benzene rings is 7. The Morgan fingerprint density at radius 2 is 1.24 bits per heavy atom. The van der Waals surface area contributed by atoms with E-state index >= 15 is 0 Å². The number of hydrogen-bond acceptors (Lipinski definition) is 2. The smallest absolute Gasteiger partial charge is 0.135 e. The van der Waals surface area contributed by atoms with E-state index in [1.165, 1.54) is 72.3 Å². The van der Waals surface area contributed by atoms with E-state index in [-0.39, 0.29) is 11.3 Å². The maximum absolute atomic E-state index is 6.84. The molecule has 0 saturated heterocycles. The summed E-state index contributed by atoms with van der Waals surface area (Å²) in [7, 11) is 0. The molecule has 0 amide bonds. The van der Waals surface area contributed by atoms with Crippen LogP contribution in [0, 0.1) is 5.92 Å². The zero-order chi connectivity index (χ0) is 39.1. The molecule has 3 aliphatic carbocycles. The molecule has 0 aliphatic heterocycles. The molecule has 1 heterocycles. The summed E-state index contributed by atoms with van der Waals surface area (Å²) in [4.78, 5) is 2.46. The Kier molecular flexibility index (Phi) is 7.75. The molecule has 1 unspecified atom stereocenters. The number of allylic oxidation sites excluding steroid dienone is 3. The van der Waals surface area contributed by atoms with E-state index in [0.717, 1.165) is 38.7 Å². The van der Waals surface area contributed by atoms with Gasteiger partial charge in [-0.1, -0.05) is 160 Å². The van der Waals surface area contributed by atoms with Crippen molar-refractivity contribution < 1.29 is 4.42 Å². The zero-order valence-electron chi connectivity index (χ0n) is 33.3. The van der Waals surface area contributed by atoms with Crippen LogP contribution in [0.3, 0.4) is 0 Å². The van der Waals surface area contributed by atoms with Crippen LogP contribution in [0.4, 0.5) is 17.1 Å². The number of nitrogens with zero attached hydrogens (tertiary/aromatic N) is 1. The Bertz CT molecular complexity index is 3160. The van der Waals surface area contributed by atoms with Gasteiger partial charge >= 0.3 is 0 Å². The predicted molar refractivity (Wildman–Crippen MR) is 243 cm³/mol. The zero-order valence-corrected chi connectivity index (χ0v) is 33.3. The van der Waals surface area contributed by atoms with E-state index in [4.69, 9.17) is 4.42 Å². The van der Waals surface area contributed by atoms with Crippen molar-refractivity contribution >= 4 is 45.3 Å². The molecule has 7 aromatic carbocycles. The second-order valence-electron chi connectivity index (χ2n) is 16.4. The summed E-state index contributed by atoms with van der Waals surface area (Å²) >= 11 is 0. The molecule has 0 N–H and O–H groups in total. The van der Waals surface area contributed by atoms with Crippen LogP contribution in [-0.2, 0) is 5.41 Å². The molecule has 0 saturated carbocycles. The minimum absolute atomic E-state index is 0.125. The van der Waals surface area contributed by atoms with Crippen molar-refractivity contribution in [2.24, 2.45) is 5.92 Å². The van der Waals surface area contributed by atoms with Gasteiger partial charge in [-0.15, -0.1) is 0 Å². The first-order valence-corrected chi connectivity index (χ1v) is 20.5. The van der Waals surface area contributed by atoms with Gasteiger partial charge in [-0.2, -0.15) is 0 Å². The van der Waals surface area contributed by atoms with Gasteiger partial charge in [0, 0.05) is 38.9 Å². The molecule has 11 rings (SSSR count). The molecule has 1 aromatic heterocycles. The number of hydrogen-bond donors (Lipinski definition) is 0. The van der Waals surface area contributed by atoms with Crippen LogP contribution >= 0.6 is 0 Å². The van der Waals surface area contributed by atoms with Gasteiger partial charge in [0.15, 0.2) is 0 Å². The minimum atomic E-state index is -0.125. The Labute approximate surface area is 340 Å². The summed E-state index contributed by atoms with van der Waals surface area (Å²) in [5.41, 5.74) is 21.9. The van der Waals surface area contributed by atoms with Gasteiger partial charge in [-0.3, -0.25) is 0 Å². The van der Waals surface area contributed by atoms with Crippen molar-refractivity contribution in [1.29, 1.82) is 0 Å². The summed E-state index contributed by atoms with van der Waals surface area (Å²) in [5.74, 6) is 0.156. The summed E-state index contributed by atoms with van der Waals surface area (Å²) < 4.78 is 6.84. The van der Waals surface area contributed by atoms with Gasteiger partial charge in [-0.25, -0.2) is 0 Å². The standard InChI is InChI=1S/C56H43NO/c1-5-6-26-51-55(52-35(2)33-45-41-19-11-10-18-40(41)42-21-14-22-44(52)53(42)45)46-34-39(31-32-50(46)58-51)57(38-29-27-37(28-30-38)36-16-8-7-9-17-36)49-25-15-24-48-54(49)43-20-12-13-23-47(43)56(48,3)4/h5-35H,1-4H3/b6-5-,51-26+,55-52+. The fourth-order valence-corrected chi connectivity index (χ4v) is 10.1. The highest BCUT2D eigenvalue weighted by Gasteiger charge is 2.38. The van der Waals surface area contributed by atoms with E-state index in [9.17, 15) is 0 Å². The van der Waals surface area contributed by atoms with E-state index in [2.05, 4.69) is 215 Å². The first-order valence-electron chi connectivity index (χ1n) is 20.5. The van der Waals surface area contributed by atoms with Gasteiger partial charge in [-0.05, 0) is 116 Å². The van der Waals surface area contributed by atoms with Crippen molar-refractivity contribution in [3.63, 3.8) is 0 Å². The van der Waals surface area contributed by atoms with Crippen molar-refractivity contribution in [3.8, 4) is 33.4 Å². The Hall–Kier alpha value is -6.90. The van der Waals surface area contributed by atoms with E-state index in [0.29, 0.717) is 0 Å².